The van der Waals surface area contributed by atoms with Crippen LogP contribution >= 0.6 is 11.8 Å². The van der Waals surface area contributed by atoms with E-state index in [0.29, 0.717) is 15.6 Å². The average molecular weight is 266 g/mol. The van der Waals surface area contributed by atoms with E-state index in [-0.39, 0.29) is 5.84 Å². The maximum absolute atomic E-state index is 13.8. The van der Waals surface area contributed by atoms with Crippen molar-refractivity contribution in [1.29, 1.82) is 0 Å². The topological polar surface area (TPSA) is 76.4 Å². The zero-order chi connectivity index (χ0) is 13.1. The summed E-state index contributed by atoms with van der Waals surface area (Å²) in [6.45, 7) is 0. The van der Waals surface area contributed by atoms with Crippen molar-refractivity contribution in [3.63, 3.8) is 0 Å². The van der Waals surface area contributed by atoms with E-state index in [0.717, 1.165) is 0 Å². The molecular formula is C11H11FN4OS. The highest BCUT2D eigenvalue weighted by molar-refractivity contribution is 7.99. The van der Waals surface area contributed by atoms with Gasteiger partial charge in [0.2, 0.25) is 0 Å². The van der Waals surface area contributed by atoms with Gasteiger partial charge in [-0.2, -0.15) is 0 Å². The first-order chi connectivity index (χ1) is 8.61. The van der Waals surface area contributed by atoms with Crippen LogP contribution in [-0.4, -0.2) is 20.6 Å². The minimum atomic E-state index is -0.438. The van der Waals surface area contributed by atoms with Gasteiger partial charge < -0.3 is 15.5 Å². The predicted molar refractivity (Wildman–Crippen MR) is 66.2 cm³/mol. The van der Waals surface area contributed by atoms with Gasteiger partial charge in [0, 0.05) is 25.0 Å². The third-order valence-electron chi connectivity index (χ3n) is 2.31. The van der Waals surface area contributed by atoms with Crippen molar-refractivity contribution in [1.82, 2.24) is 9.55 Å². The Bertz CT molecular complexity index is 596. The van der Waals surface area contributed by atoms with Gasteiger partial charge in [0.05, 0.1) is 4.90 Å². The molecule has 0 radical (unpaired) electrons. The normalized spacial score (nSPS) is 11.8. The number of aromatic nitrogens is 2. The molecule has 18 heavy (non-hydrogen) atoms. The molecular weight excluding hydrogens is 255 g/mol. The van der Waals surface area contributed by atoms with Crippen molar-refractivity contribution in [2.24, 2.45) is 17.9 Å². The van der Waals surface area contributed by atoms with E-state index in [1.54, 1.807) is 29.1 Å². The molecule has 1 heterocycles. The second-order valence-corrected chi connectivity index (χ2v) is 4.56. The monoisotopic (exact) mass is 266 g/mol. The molecule has 2 aromatic rings. The molecule has 0 saturated carbocycles. The number of hydrogen-bond acceptors (Lipinski definition) is 4. The number of aryl methyl sites for hydroxylation is 1. The van der Waals surface area contributed by atoms with E-state index in [1.807, 2.05) is 7.05 Å². The molecule has 0 bridgehead atoms. The Labute approximate surface area is 107 Å². The number of oxime groups is 1. The van der Waals surface area contributed by atoms with Gasteiger partial charge in [0.15, 0.2) is 11.0 Å². The van der Waals surface area contributed by atoms with Crippen LogP contribution in [0, 0.1) is 5.82 Å². The Morgan fingerprint density at radius 3 is 2.89 bits per heavy atom. The van der Waals surface area contributed by atoms with E-state index in [2.05, 4.69) is 10.1 Å². The molecule has 0 aliphatic rings. The van der Waals surface area contributed by atoms with Gasteiger partial charge in [-0.05, 0) is 30.0 Å². The van der Waals surface area contributed by atoms with Gasteiger partial charge in [-0.3, -0.25) is 0 Å². The van der Waals surface area contributed by atoms with Crippen molar-refractivity contribution in [3.8, 4) is 0 Å². The number of amidine groups is 1. The number of hydrogen-bond donors (Lipinski definition) is 2. The Morgan fingerprint density at radius 1 is 1.56 bits per heavy atom. The summed E-state index contributed by atoms with van der Waals surface area (Å²) >= 11 is 1.21. The van der Waals surface area contributed by atoms with E-state index in [9.17, 15) is 4.39 Å². The van der Waals surface area contributed by atoms with E-state index >= 15 is 0 Å². The van der Waals surface area contributed by atoms with Crippen LogP contribution in [0.25, 0.3) is 0 Å². The first kappa shape index (κ1) is 12.4. The number of nitrogens with zero attached hydrogens (tertiary/aromatic N) is 3. The van der Waals surface area contributed by atoms with Crippen LogP contribution in [0.1, 0.15) is 5.56 Å². The summed E-state index contributed by atoms with van der Waals surface area (Å²) in [5.74, 6) is -0.561. The second-order valence-electron chi connectivity index (χ2n) is 3.55. The van der Waals surface area contributed by atoms with E-state index in [4.69, 9.17) is 10.9 Å². The highest BCUT2D eigenvalue weighted by atomic mass is 32.2. The first-order valence-electron chi connectivity index (χ1n) is 5.04. The lowest BCUT2D eigenvalue weighted by molar-refractivity contribution is 0.318. The van der Waals surface area contributed by atoms with Crippen LogP contribution in [0.15, 0.2) is 45.8 Å². The second kappa shape index (κ2) is 5.09. The molecule has 0 saturated heterocycles. The summed E-state index contributed by atoms with van der Waals surface area (Å²) in [6.07, 6.45) is 3.43. The molecule has 0 fully saturated rings. The number of nitrogens with two attached hydrogens (primary N) is 1. The molecule has 0 unspecified atom stereocenters. The maximum atomic E-state index is 13.8. The minimum Gasteiger partial charge on any atom is -0.409 e. The Balaban J connectivity index is 2.28. The van der Waals surface area contributed by atoms with Crippen molar-refractivity contribution in [3.05, 3.63) is 42.0 Å². The van der Waals surface area contributed by atoms with Crippen LogP contribution in [0.2, 0.25) is 0 Å². The van der Waals surface area contributed by atoms with Crippen molar-refractivity contribution in [2.45, 2.75) is 10.1 Å². The summed E-state index contributed by atoms with van der Waals surface area (Å²) < 4.78 is 15.6. The van der Waals surface area contributed by atoms with Crippen molar-refractivity contribution in [2.75, 3.05) is 0 Å². The SMILES string of the molecule is Cn1ccnc1Sc1ccc(/C(N)=N/O)cc1F. The molecule has 0 spiro atoms. The fourth-order valence-electron chi connectivity index (χ4n) is 1.35. The predicted octanol–water partition coefficient (Wildman–Crippen LogP) is 1.80. The molecule has 1 aromatic carbocycles. The smallest absolute Gasteiger partial charge is 0.172 e. The molecule has 0 amide bonds. The number of imidazole rings is 1. The van der Waals surface area contributed by atoms with Gasteiger partial charge in [-0.1, -0.05) is 5.16 Å². The summed E-state index contributed by atoms with van der Waals surface area (Å²) in [5.41, 5.74) is 5.72. The number of halogens is 1. The molecule has 0 aliphatic heterocycles. The van der Waals surface area contributed by atoms with E-state index in [1.165, 1.54) is 17.8 Å². The minimum absolute atomic E-state index is 0.123. The molecule has 2 rings (SSSR count). The summed E-state index contributed by atoms with van der Waals surface area (Å²) in [6, 6.07) is 4.38. The van der Waals surface area contributed by atoms with Crippen LogP contribution in [-0.2, 0) is 7.05 Å². The van der Waals surface area contributed by atoms with E-state index < -0.39 is 5.82 Å². The molecule has 94 valence electrons. The Morgan fingerprint density at radius 2 is 2.33 bits per heavy atom. The summed E-state index contributed by atoms with van der Waals surface area (Å²) in [7, 11) is 1.83. The molecule has 7 heteroatoms. The fraction of sp³-hybridized carbons (Fsp3) is 0.0909. The quantitative estimate of drug-likeness (QED) is 0.384. The van der Waals surface area contributed by atoms with Crippen molar-refractivity contribution >= 4 is 17.6 Å². The lowest BCUT2D eigenvalue weighted by Gasteiger charge is -2.05. The maximum Gasteiger partial charge on any atom is 0.172 e. The molecule has 0 atom stereocenters. The third-order valence-corrected chi connectivity index (χ3v) is 3.44. The Hall–Kier alpha value is -2.02. The largest absolute Gasteiger partial charge is 0.409 e. The highest BCUT2D eigenvalue weighted by Crippen LogP contribution is 2.28. The summed E-state index contributed by atoms with van der Waals surface area (Å²) in [4.78, 5) is 4.53. The van der Waals surface area contributed by atoms with Crippen molar-refractivity contribution < 1.29 is 9.60 Å². The molecule has 5 nitrogen and oxygen atoms in total. The van der Waals surface area contributed by atoms with Gasteiger partial charge in [-0.15, -0.1) is 0 Å². The highest BCUT2D eigenvalue weighted by Gasteiger charge is 2.10. The standard InChI is InChI=1S/C11H11FN4OS/c1-16-5-4-14-11(16)18-9-3-2-7(6-8(9)12)10(13)15-17/h2-6,17H,1H3,(H2,13,15). The van der Waals surface area contributed by atoms with Gasteiger partial charge in [-0.25, -0.2) is 9.37 Å². The van der Waals surface area contributed by atoms with Crippen LogP contribution in [0.5, 0.6) is 0 Å². The summed E-state index contributed by atoms with van der Waals surface area (Å²) in [5, 5.41) is 12.0. The zero-order valence-corrected chi connectivity index (χ0v) is 10.4. The zero-order valence-electron chi connectivity index (χ0n) is 9.54. The fourth-order valence-corrected chi connectivity index (χ4v) is 2.16. The van der Waals surface area contributed by atoms with Gasteiger partial charge in [0.1, 0.15) is 5.82 Å². The average Bonchev–Trinajstić information content (AvgIpc) is 2.76. The Kier molecular flexibility index (Phi) is 3.52. The molecule has 1 aromatic heterocycles. The number of benzene rings is 1. The van der Waals surface area contributed by atoms with Gasteiger partial charge in [0.25, 0.3) is 0 Å². The number of rotatable bonds is 3. The lowest BCUT2D eigenvalue weighted by Crippen LogP contribution is -2.13. The lowest BCUT2D eigenvalue weighted by atomic mass is 10.2. The molecule has 0 aliphatic carbocycles. The first-order valence-corrected chi connectivity index (χ1v) is 5.86. The van der Waals surface area contributed by atoms with Crippen LogP contribution < -0.4 is 5.73 Å². The third kappa shape index (κ3) is 2.45. The molecule has 3 N–H and O–H groups in total. The van der Waals surface area contributed by atoms with Crippen LogP contribution in [0.3, 0.4) is 0 Å². The van der Waals surface area contributed by atoms with Gasteiger partial charge >= 0.3 is 0 Å². The van der Waals surface area contributed by atoms with Crippen LogP contribution in [0.4, 0.5) is 4.39 Å².